The zero-order chi connectivity index (χ0) is 10.9. The van der Waals surface area contributed by atoms with E-state index in [9.17, 15) is 9.59 Å². The third-order valence-electron chi connectivity index (χ3n) is 1.57. The van der Waals surface area contributed by atoms with E-state index in [0.29, 0.717) is 6.42 Å². The van der Waals surface area contributed by atoms with E-state index in [1.165, 1.54) is 6.92 Å². The minimum Gasteiger partial charge on any atom is -0.337 e. The fraction of sp³-hybridized carbons (Fsp3) is 0.778. The third-order valence-corrected chi connectivity index (χ3v) is 2.91. The van der Waals surface area contributed by atoms with Crippen LogP contribution >= 0.6 is 11.8 Å². The quantitative estimate of drug-likeness (QED) is 0.658. The SMILES string of the molecule is CC(=O)ON1C(=O)CC1SC(C)(C)C. The van der Waals surface area contributed by atoms with Gasteiger partial charge in [-0.25, -0.2) is 0 Å². The van der Waals surface area contributed by atoms with Crippen molar-refractivity contribution in [3.05, 3.63) is 0 Å². The van der Waals surface area contributed by atoms with Crippen molar-refractivity contribution in [2.24, 2.45) is 0 Å². The molecule has 1 unspecified atom stereocenters. The van der Waals surface area contributed by atoms with Gasteiger partial charge in [-0.3, -0.25) is 9.59 Å². The lowest BCUT2D eigenvalue weighted by Gasteiger charge is -2.39. The molecule has 1 amide bonds. The van der Waals surface area contributed by atoms with Gasteiger partial charge in [0.15, 0.2) is 0 Å². The number of thioether (sulfide) groups is 1. The molecule has 14 heavy (non-hydrogen) atoms. The second-order valence-corrected chi connectivity index (χ2v) is 6.20. The molecule has 0 aromatic heterocycles. The summed E-state index contributed by atoms with van der Waals surface area (Å²) < 4.78 is 0.0593. The average molecular weight is 217 g/mol. The van der Waals surface area contributed by atoms with Crippen LogP contribution in [0.5, 0.6) is 0 Å². The van der Waals surface area contributed by atoms with Gasteiger partial charge in [0.1, 0.15) is 5.37 Å². The molecular weight excluding hydrogens is 202 g/mol. The highest BCUT2D eigenvalue weighted by Gasteiger charge is 2.41. The van der Waals surface area contributed by atoms with E-state index < -0.39 is 5.97 Å². The number of β-lactam (4-membered cyclic amide) rings is 1. The van der Waals surface area contributed by atoms with E-state index in [1.807, 2.05) is 0 Å². The second-order valence-electron chi connectivity index (χ2n) is 4.19. The Morgan fingerprint density at radius 2 is 2.14 bits per heavy atom. The normalized spacial score (nSPS) is 21.9. The highest BCUT2D eigenvalue weighted by Crippen LogP contribution is 2.37. The molecule has 5 heteroatoms. The number of nitrogens with zero attached hydrogens (tertiary/aromatic N) is 1. The van der Waals surface area contributed by atoms with E-state index in [4.69, 9.17) is 4.84 Å². The first kappa shape index (κ1) is 11.4. The highest BCUT2D eigenvalue weighted by molar-refractivity contribution is 8.01. The van der Waals surface area contributed by atoms with Crippen LogP contribution in [0.15, 0.2) is 0 Å². The van der Waals surface area contributed by atoms with Gasteiger partial charge in [-0.15, -0.1) is 11.8 Å². The number of carbonyl (C=O) groups excluding carboxylic acids is 2. The van der Waals surface area contributed by atoms with E-state index in [1.54, 1.807) is 11.8 Å². The van der Waals surface area contributed by atoms with E-state index in [-0.39, 0.29) is 16.0 Å². The Morgan fingerprint density at radius 1 is 1.57 bits per heavy atom. The van der Waals surface area contributed by atoms with E-state index >= 15 is 0 Å². The molecule has 4 nitrogen and oxygen atoms in total. The summed E-state index contributed by atoms with van der Waals surface area (Å²) in [5.41, 5.74) is 0. The first-order valence-electron chi connectivity index (χ1n) is 4.48. The summed E-state index contributed by atoms with van der Waals surface area (Å²) in [7, 11) is 0. The van der Waals surface area contributed by atoms with Crippen molar-refractivity contribution < 1.29 is 14.4 Å². The Labute approximate surface area is 87.9 Å². The molecular formula is C9H15NO3S. The third kappa shape index (κ3) is 2.90. The van der Waals surface area contributed by atoms with Crippen molar-refractivity contribution in [3.8, 4) is 0 Å². The van der Waals surface area contributed by atoms with Crippen LogP contribution in [0.3, 0.4) is 0 Å². The predicted octanol–water partition coefficient (Wildman–Crippen LogP) is 1.55. The molecule has 1 aliphatic rings. The van der Waals surface area contributed by atoms with Crippen molar-refractivity contribution in [1.29, 1.82) is 0 Å². The molecule has 1 atom stereocenters. The average Bonchev–Trinajstić information content (AvgIpc) is 1.97. The van der Waals surface area contributed by atoms with Crippen molar-refractivity contribution in [1.82, 2.24) is 5.06 Å². The predicted molar refractivity (Wildman–Crippen MR) is 54.4 cm³/mol. The van der Waals surface area contributed by atoms with Crippen LogP contribution in [-0.4, -0.2) is 27.1 Å². The van der Waals surface area contributed by atoms with Crippen LogP contribution in [0, 0.1) is 0 Å². The van der Waals surface area contributed by atoms with Gasteiger partial charge in [-0.05, 0) is 0 Å². The summed E-state index contributed by atoms with van der Waals surface area (Å²) in [4.78, 5) is 26.6. The number of hydrogen-bond acceptors (Lipinski definition) is 4. The van der Waals surface area contributed by atoms with Crippen LogP contribution in [0.4, 0.5) is 0 Å². The van der Waals surface area contributed by atoms with Crippen LogP contribution in [0.2, 0.25) is 0 Å². The van der Waals surface area contributed by atoms with E-state index in [2.05, 4.69) is 20.8 Å². The molecule has 1 rings (SSSR count). The number of amides is 1. The van der Waals surface area contributed by atoms with Gasteiger partial charge in [-0.1, -0.05) is 20.8 Å². The fourth-order valence-corrected chi connectivity index (χ4v) is 2.41. The van der Waals surface area contributed by atoms with Gasteiger partial charge in [0.05, 0.1) is 6.42 Å². The minimum absolute atomic E-state index is 0.0219. The molecule has 0 radical (unpaired) electrons. The van der Waals surface area contributed by atoms with Crippen LogP contribution in [-0.2, 0) is 14.4 Å². The lowest BCUT2D eigenvalue weighted by atomic mass is 10.2. The molecule has 0 aromatic rings. The Balaban J connectivity index is 2.49. The summed E-state index contributed by atoms with van der Waals surface area (Å²) in [5.74, 6) is -0.570. The zero-order valence-corrected chi connectivity index (χ0v) is 9.68. The summed E-state index contributed by atoms with van der Waals surface area (Å²) >= 11 is 1.63. The number of hydrogen-bond donors (Lipinski definition) is 0. The van der Waals surface area contributed by atoms with Crippen molar-refractivity contribution in [3.63, 3.8) is 0 Å². The Hall–Kier alpha value is -0.710. The van der Waals surface area contributed by atoms with E-state index in [0.717, 1.165) is 5.06 Å². The number of rotatable bonds is 2. The maximum absolute atomic E-state index is 11.1. The van der Waals surface area contributed by atoms with Crippen molar-refractivity contribution in [2.45, 2.75) is 44.2 Å². The molecule has 0 aromatic carbocycles. The molecule has 80 valence electrons. The maximum atomic E-state index is 11.1. The van der Waals surface area contributed by atoms with Crippen LogP contribution < -0.4 is 0 Å². The molecule has 0 bridgehead atoms. The molecule has 1 aliphatic heterocycles. The smallest absolute Gasteiger partial charge is 0.329 e. The van der Waals surface area contributed by atoms with Crippen molar-refractivity contribution >= 4 is 23.6 Å². The molecule has 1 fully saturated rings. The zero-order valence-electron chi connectivity index (χ0n) is 8.86. The highest BCUT2D eigenvalue weighted by atomic mass is 32.2. The number of carbonyl (C=O) groups is 2. The Kier molecular flexibility index (Phi) is 3.09. The lowest BCUT2D eigenvalue weighted by molar-refractivity contribution is -0.214. The monoisotopic (exact) mass is 217 g/mol. The Morgan fingerprint density at radius 3 is 2.50 bits per heavy atom. The molecule has 0 N–H and O–H groups in total. The van der Waals surface area contributed by atoms with Gasteiger partial charge in [0, 0.05) is 11.7 Å². The molecule has 0 saturated carbocycles. The molecule has 1 saturated heterocycles. The van der Waals surface area contributed by atoms with Gasteiger partial charge in [-0.2, -0.15) is 5.06 Å². The van der Waals surface area contributed by atoms with Gasteiger partial charge in [0.25, 0.3) is 5.91 Å². The summed E-state index contributed by atoms with van der Waals surface area (Å²) in [6.07, 6.45) is 0.454. The topological polar surface area (TPSA) is 46.6 Å². The molecule has 1 heterocycles. The van der Waals surface area contributed by atoms with Gasteiger partial charge < -0.3 is 4.84 Å². The molecule has 0 aliphatic carbocycles. The van der Waals surface area contributed by atoms with Crippen LogP contribution in [0.1, 0.15) is 34.1 Å². The van der Waals surface area contributed by atoms with Gasteiger partial charge >= 0.3 is 5.97 Å². The van der Waals surface area contributed by atoms with Gasteiger partial charge in [0.2, 0.25) is 0 Å². The lowest BCUT2D eigenvalue weighted by Crippen LogP contribution is -2.52. The molecule has 0 spiro atoms. The first-order chi connectivity index (χ1) is 6.29. The van der Waals surface area contributed by atoms with Crippen molar-refractivity contribution in [2.75, 3.05) is 0 Å². The largest absolute Gasteiger partial charge is 0.337 e. The first-order valence-corrected chi connectivity index (χ1v) is 5.36. The maximum Gasteiger partial charge on any atom is 0.329 e. The number of hydroxylamine groups is 2. The minimum atomic E-state index is -0.447. The second kappa shape index (κ2) is 3.81. The Bertz CT molecular complexity index is 259. The fourth-order valence-electron chi connectivity index (χ4n) is 1.12. The summed E-state index contributed by atoms with van der Waals surface area (Å²) in [5, 5.41) is 1.14. The standard InChI is InChI=1S/C9H15NO3S/c1-6(11)13-10-7(12)5-8(10)14-9(2,3)4/h8H,5H2,1-4H3. The summed E-state index contributed by atoms with van der Waals surface area (Å²) in [6, 6.07) is 0. The van der Waals surface area contributed by atoms with Crippen LogP contribution in [0.25, 0.3) is 0 Å². The summed E-state index contributed by atoms with van der Waals surface area (Å²) in [6.45, 7) is 7.48.